The van der Waals surface area contributed by atoms with E-state index in [0.717, 1.165) is 13.1 Å². The minimum absolute atomic E-state index is 0.143. The normalized spacial score (nSPS) is 22.5. The van der Waals surface area contributed by atoms with E-state index in [2.05, 4.69) is 18.7 Å². The van der Waals surface area contributed by atoms with Crippen molar-refractivity contribution in [1.82, 2.24) is 9.80 Å². The lowest BCUT2D eigenvalue weighted by atomic mass is 9.78. The van der Waals surface area contributed by atoms with Crippen molar-refractivity contribution in [2.24, 2.45) is 0 Å². The molecular formula is C20H30BFN2O3. The third-order valence-corrected chi connectivity index (χ3v) is 6.02. The molecule has 0 spiro atoms. The topological polar surface area (TPSA) is 42.0 Å². The van der Waals surface area contributed by atoms with Gasteiger partial charge >= 0.3 is 7.12 Å². The number of hydrogen-bond donors (Lipinski definition) is 0. The lowest BCUT2D eigenvalue weighted by molar-refractivity contribution is 0.00578. The van der Waals surface area contributed by atoms with Gasteiger partial charge in [0.15, 0.2) is 0 Å². The highest BCUT2D eigenvalue weighted by Crippen LogP contribution is 2.36. The maximum Gasteiger partial charge on any atom is 0.494 e. The van der Waals surface area contributed by atoms with Gasteiger partial charge in [0.05, 0.1) is 11.2 Å². The van der Waals surface area contributed by atoms with Crippen LogP contribution in [0.25, 0.3) is 0 Å². The van der Waals surface area contributed by atoms with Crippen molar-refractivity contribution >= 4 is 18.5 Å². The van der Waals surface area contributed by atoms with Gasteiger partial charge in [0, 0.05) is 37.8 Å². The number of amides is 1. The van der Waals surface area contributed by atoms with Gasteiger partial charge in [-0.3, -0.25) is 9.69 Å². The summed E-state index contributed by atoms with van der Waals surface area (Å²) in [6, 6.07) is 4.84. The van der Waals surface area contributed by atoms with Gasteiger partial charge in [-0.2, -0.15) is 0 Å². The summed E-state index contributed by atoms with van der Waals surface area (Å²) in [5.74, 6) is -0.595. The average Bonchev–Trinajstić information content (AvgIpc) is 2.81. The van der Waals surface area contributed by atoms with Gasteiger partial charge in [-0.25, -0.2) is 4.39 Å². The fourth-order valence-corrected chi connectivity index (χ4v) is 3.48. The molecule has 3 rings (SSSR count). The van der Waals surface area contributed by atoms with Crippen molar-refractivity contribution in [3.05, 3.63) is 29.6 Å². The largest absolute Gasteiger partial charge is 0.494 e. The molecule has 0 aliphatic carbocycles. The molecule has 0 atom stereocenters. The first-order valence-corrected chi connectivity index (χ1v) is 9.69. The summed E-state index contributed by atoms with van der Waals surface area (Å²) in [7, 11) is -0.685. The molecule has 2 aliphatic heterocycles. The number of carbonyl (C=O) groups is 1. The van der Waals surface area contributed by atoms with Crippen molar-refractivity contribution < 1.29 is 18.5 Å². The van der Waals surface area contributed by atoms with E-state index in [0.29, 0.717) is 30.2 Å². The molecule has 5 nitrogen and oxygen atoms in total. The molecule has 1 aromatic rings. The molecule has 0 N–H and O–H groups in total. The molecule has 0 unspecified atom stereocenters. The molecule has 0 bridgehead atoms. The van der Waals surface area contributed by atoms with Crippen molar-refractivity contribution in [3.63, 3.8) is 0 Å². The molecule has 27 heavy (non-hydrogen) atoms. The Hall–Kier alpha value is -1.44. The minimum Gasteiger partial charge on any atom is -0.399 e. The predicted octanol–water partition coefficient (Wildman–Crippen LogP) is 2.29. The molecular weight excluding hydrogens is 346 g/mol. The summed E-state index contributed by atoms with van der Waals surface area (Å²) >= 11 is 0. The summed E-state index contributed by atoms with van der Waals surface area (Å²) in [5, 5.41) is 0. The van der Waals surface area contributed by atoms with Crippen LogP contribution in [-0.4, -0.2) is 66.2 Å². The Bertz CT molecular complexity index is 699. The molecule has 1 amide bonds. The van der Waals surface area contributed by atoms with Crippen LogP contribution in [0.15, 0.2) is 18.2 Å². The van der Waals surface area contributed by atoms with E-state index in [1.807, 2.05) is 27.7 Å². The van der Waals surface area contributed by atoms with Gasteiger partial charge in [-0.05, 0) is 65.2 Å². The fourth-order valence-electron chi connectivity index (χ4n) is 3.48. The number of carbonyl (C=O) groups excluding carboxylic acids is 1. The second-order valence-electron chi connectivity index (χ2n) is 8.78. The molecule has 2 aliphatic rings. The number of hydrogen-bond acceptors (Lipinski definition) is 4. The Morgan fingerprint density at radius 2 is 1.59 bits per heavy atom. The Morgan fingerprint density at radius 1 is 1.04 bits per heavy atom. The van der Waals surface area contributed by atoms with E-state index in [1.165, 1.54) is 12.1 Å². The maximum absolute atomic E-state index is 14.3. The van der Waals surface area contributed by atoms with E-state index >= 15 is 0 Å². The van der Waals surface area contributed by atoms with Crippen LogP contribution in [0.1, 0.15) is 51.9 Å². The summed E-state index contributed by atoms with van der Waals surface area (Å²) in [6.07, 6.45) is 0. The van der Waals surface area contributed by atoms with Crippen LogP contribution in [0.3, 0.4) is 0 Å². The molecule has 2 heterocycles. The molecule has 148 valence electrons. The second kappa shape index (κ2) is 7.19. The number of halogens is 1. The maximum atomic E-state index is 14.3. The first-order valence-electron chi connectivity index (χ1n) is 9.69. The number of benzene rings is 1. The van der Waals surface area contributed by atoms with Crippen LogP contribution in [0.4, 0.5) is 4.39 Å². The third-order valence-electron chi connectivity index (χ3n) is 6.02. The lowest BCUT2D eigenvalue weighted by Crippen LogP contribution is -2.50. The zero-order valence-corrected chi connectivity index (χ0v) is 17.2. The lowest BCUT2D eigenvalue weighted by Gasteiger charge is -2.37. The summed E-state index contributed by atoms with van der Waals surface area (Å²) in [5.41, 5.74) is -0.140. The summed E-state index contributed by atoms with van der Waals surface area (Å²) in [4.78, 5) is 17.0. The highest BCUT2D eigenvalue weighted by atomic mass is 19.1. The minimum atomic E-state index is -0.685. The molecule has 2 saturated heterocycles. The Morgan fingerprint density at radius 3 is 2.11 bits per heavy atom. The molecule has 1 aromatic carbocycles. The SMILES string of the molecule is CC(C)N1CCN(C(=O)c2cc(F)cc(B3OC(C)(C)C(C)(C)O3)c2)CC1. The van der Waals surface area contributed by atoms with Crippen molar-refractivity contribution in [1.29, 1.82) is 0 Å². The van der Waals surface area contributed by atoms with E-state index in [1.54, 1.807) is 11.0 Å². The van der Waals surface area contributed by atoms with Gasteiger partial charge in [-0.1, -0.05) is 0 Å². The van der Waals surface area contributed by atoms with E-state index in [4.69, 9.17) is 9.31 Å². The fraction of sp³-hybridized carbons (Fsp3) is 0.650. The highest BCUT2D eigenvalue weighted by molar-refractivity contribution is 6.62. The first kappa shape index (κ1) is 20.3. The Kier molecular flexibility index (Phi) is 5.40. The summed E-state index contributed by atoms with van der Waals surface area (Å²) in [6.45, 7) is 15.1. The van der Waals surface area contributed by atoms with Crippen LogP contribution >= 0.6 is 0 Å². The number of piperazine rings is 1. The Labute approximate surface area is 161 Å². The quantitative estimate of drug-likeness (QED) is 0.760. The number of rotatable bonds is 3. The van der Waals surface area contributed by atoms with Gasteiger partial charge in [0.1, 0.15) is 5.82 Å². The smallest absolute Gasteiger partial charge is 0.399 e. The van der Waals surface area contributed by atoms with E-state index < -0.39 is 24.1 Å². The van der Waals surface area contributed by atoms with Crippen LogP contribution in [0, 0.1) is 5.82 Å². The van der Waals surface area contributed by atoms with Gasteiger partial charge in [0.25, 0.3) is 5.91 Å². The highest BCUT2D eigenvalue weighted by Gasteiger charge is 2.51. The Balaban J connectivity index is 1.77. The van der Waals surface area contributed by atoms with Crippen LogP contribution in [0.5, 0.6) is 0 Å². The zero-order valence-electron chi connectivity index (χ0n) is 17.2. The number of nitrogens with zero attached hydrogens (tertiary/aromatic N) is 2. The third kappa shape index (κ3) is 4.05. The second-order valence-corrected chi connectivity index (χ2v) is 8.78. The molecule has 0 radical (unpaired) electrons. The van der Waals surface area contributed by atoms with E-state index in [-0.39, 0.29) is 5.91 Å². The average molecular weight is 376 g/mol. The monoisotopic (exact) mass is 376 g/mol. The molecule has 7 heteroatoms. The predicted molar refractivity (Wildman–Crippen MR) is 105 cm³/mol. The standard InChI is InChI=1S/C20H30BFN2O3/c1-14(2)23-7-9-24(10-8-23)18(25)15-11-16(13-17(22)12-15)21-26-19(3,4)20(5,6)27-21/h11-14H,7-10H2,1-6H3. The summed E-state index contributed by atoms with van der Waals surface area (Å²) < 4.78 is 26.3. The van der Waals surface area contributed by atoms with Crippen molar-refractivity contribution in [3.8, 4) is 0 Å². The first-order chi connectivity index (χ1) is 12.5. The van der Waals surface area contributed by atoms with Crippen molar-refractivity contribution in [2.75, 3.05) is 26.2 Å². The van der Waals surface area contributed by atoms with Crippen LogP contribution < -0.4 is 5.46 Å². The molecule has 0 saturated carbocycles. The molecule has 2 fully saturated rings. The van der Waals surface area contributed by atoms with Gasteiger partial charge in [0.2, 0.25) is 0 Å². The van der Waals surface area contributed by atoms with Gasteiger partial charge < -0.3 is 14.2 Å². The van der Waals surface area contributed by atoms with E-state index in [9.17, 15) is 9.18 Å². The van der Waals surface area contributed by atoms with Crippen LogP contribution in [-0.2, 0) is 9.31 Å². The van der Waals surface area contributed by atoms with Crippen molar-refractivity contribution in [2.45, 2.75) is 58.8 Å². The zero-order chi connectivity index (χ0) is 20.0. The van der Waals surface area contributed by atoms with Gasteiger partial charge in [-0.15, -0.1) is 0 Å². The molecule has 0 aromatic heterocycles. The van der Waals surface area contributed by atoms with Crippen LogP contribution in [0.2, 0.25) is 0 Å².